The second-order valence-electron chi connectivity index (χ2n) is 4.37. The molecular weight excluding hydrogens is 220 g/mol. The highest BCUT2D eigenvalue weighted by Crippen LogP contribution is 2.17. The van der Waals surface area contributed by atoms with Crippen LogP contribution >= 0.6 is 0 Å². The fourth-order valence-electron chi connectivity index (χ4n) is 1.69. The molecule has 17 heavy (non-hydrogen) atoms. The molecule has 0 bridgehead atoms. The summed E-state index contributed by atoms with van der Waals surface area (Å²) in [6.45, 7) is 9.20. The van der Waals surface area contributed by atoms with Crippen molar-refractivity contribution < 1.29 is 9.90 Å². The molecule has 1 heterocycles. The number of carboxylic acids is 1. The predicted molar refractivity (Wildman–Crippen MR) is 63.5 cm³/mol. The molecule has 0 saturated heterocycles. The van der Waals surface area contributed by atoms with Gasteiger partial charge in [0.25, 0.3) is 0 Å². The molecule has 1 N–H and O–H groups in total. The molecule has 0 fully saturated rings. The lowest BCUT2D eigenvalue weighted by Gasteiger charge is -2.33. The van der Waals surface area contributed by atoms with Gasteiger partial charge in [-0.1, -0.05) is 6.92 Å². The van der Waals surface area contributed by atoms with Gasteiger partial charge < -0.3 is 5.11 Å². The highest BCUT2D eigenvalue weighted by atomic mass is 16.4. The number of carbonyl (C=O) groups is 1. The van der Waals surface area contributed by atoms with E-state index in [1.807, 2.05) is 18.7 Å². The quantitative estimate of drug-likeness (QED) is 0.802. The van der Waals surface area contributed by atoms with Gasteiger partial charge in [0.05, 0.1) is 6.54 Å². The van der Waals surface area contributed by atoms with Crippen molar-refractivity contribution in [3.8, 4) is 0 Å². The monoisotopic (exact) mass is 240 g/mol. The SMILES string of the molecule is CCN(Cc1ncnn1CC)C(C)(C)C(=O)O. The summed E-state index contributed by atoms with van der Waals surface area (Å²) in [5, 5.41) is 13.3. The Morgan fingerprint density at radius 2 is 2.18 bits per heavy atom. The summed E-state index contributed by atoms with van der Waals surface area (Å²) in [6.07, 6.45) is 1.50. The average molecular weight is 240 g/mol. The molecule has 0 spiro atoms. The fraction of sp³-hybridized carbons (Fsp3) is 0.727. The lowest BCUT2D eigenvalue weighted by atomic mass is 10.0. The van der Waals surface area contributed by atoms with Gasteiger partial charge in [0.1, 0.15) is 17.7 Å². The van der Waals surface area contributed by atoms with Crippen LogP contribution in [0.1, 0.15) is 33.5 Å². The molecular formula is C11H20N4O2. The van der Waals surface area contributed by atoms with E-state index in [9.17, 15) is 9.90 Å². The summed E-state index contributed by atoms with van der Waals surface area (Å²) in [4.78, 5) is 17.3. The lowest BCUT2D eigenvalue weighted by Crippen LogP contribution is -2.49. The highest BCUT2D eigenvalue weighted by molar-refractivity contribution is 5.77. The molecule has 6 nitrogen and oxygen atoms in total. The van der Waals surface area contributed by atoms with E-state index in [0.29, 0.717) is 13.1 Å². The first-order valence-electron chi connectivity index (χ1n) is 5.78. The molecule has 0 aliphatic carbocycles. The van der Waals surface area contributed by atoms with Crippen molar-refractivity contribution in [3.05, 3.63) is 12.2 Å². The normalized spacial score (nSPS) is 12.1. The summed E-state index contributed by atoms with van der Waals surface area (Å²) in [5.41, 5.74) is -0.904. The lowest BCUT2D eigenvalue weighted by molar-refractivity contribution is -0.149. The third-order valence-corrected chi connectivity index (χ3v) is 3.02. The van der Waals surface area contributed by atoms with Crippen LogP contribution in [0.4, 0.5) is 0 Å². The zero-order valence-corrected chi connectivity index (χ0v) is 10.8. The highest BCUT2D eigenvalue weighted by Gasteiger charge is 2.34. The number of hydrogen-bond acceptors (Lipinski definition) is 4. The Kier molecular flexibility index (Phi) is 4.22. The van der Waals surface area contributed by atoms with E-state index in [4.69, 9.17) is 0 Å². The minimum atomic E-state index is -0.904. The minimum absolute atomic E-state index is 0.490. The van der Waals surface area contributed by atoms with Crippen LogP contribution < -0.4 is 0 Å². The third-order valence-electron chi connectivity index (χ3n) is 3.02. The number of likely N-dealkylation sites (N-methyl/N-ethyl adjacent to an activating group) is 1. The zero-order chi connectivity index (χ0) is 13.1. The summed E-state index contributed by atoms with van der Waals surface area (Å²) >= 11 is 0. The van der Waals surface area contributed by atoms with Crippen molar-refractivity contribution in [1.29, 1.82) is 0 Å². The van der Waals surface area contributed by atoms with Crippen molar-refractivity contribution in [2.45, 2.75) is 46.3 Å². The second-order valence-corrected chi connectivity index (χ2v) is 4.37. The van der Waals surface area contributed by atoms with E-state index in [0.717, 1.165) is 12.4 Å². The van der Waals surface area contributed by atoms with Crippen molar-refractivity contribution in [2.75, 3.05) is 6.54 Å². The van der Waals surface area contributed by atoms with E-state index in [2.05, 4.69) is 10.1 Å². The average Bonchev–Trinajstić information content (AvgIpc) is 2.72. The van der Waals surface area contributed by atoms with Crippen LogP contribution in [0.3, 0.4) is 0 Å². The number of hydrogen-bond donors (Lipinski definition) is 1. The Morgan fingerprint density at radius 1 is 1.53 bits per heavy atom. The van der Waals surface area contributed by atoms with E-state index < -0.39 is 11.5 Å². The van der Waals surface area contributed by atoms with Crippen molar-refractivity contribution in [2.24, 2.45) is 0 Å². The molecule has 96 valence electrons. The summed E-state index contributed by atoms with van der Waals surface area (Å²) in [7, 11) is 0. The van der Waals surface area contributed by atoms with Gasteiger partial charge in [-0.25, -0.2) is 9.67 Å². The van der Waals surface area contributed by atoms with Crippen LogP contribution in [-0.2, 0) is 17.9 Å². The Balaban J connectivity index is 2.87. The summed E-state index contributed by atoms with van der Waals surface area (Å²) < 4.78 is 1.78. The van der Waals surface area contributed by atoms with Crippen LogP contribution in [0.5, 0.6) is 0 Å². The fourth-order valence-corrected chi connectivity index (χ4v) is 1.69. The van der Waals surface area contributed by atoms with Gasteiger partial charge in [0.2, 0.25) is 0 Å². The maximum Gasteiger partial charge on any atom is 0.323 e. The van der Waals surface area contributed by atoms with Gasteiger partial charge in [-0.05, 0) is 27.3 Å². The van der Waals surface area contributed by atoms with Crippen molar-refractivity contribution in [1.82, 2.24) is 19.7 Å². The second kappa shape index (κ2) is 5.27. The molecule has 6 heteroatoms. The van der Waals surface area contributed by atoms with Crippen molar-refractivity contribution in [3.63, 3.8) is 0 Å². The molecule has 0 aromatic carbocycles. The predicted octanol–water partition coefficient (Wildman–Crippen LogP) is 0.983. The first-order chi connectivity index (χ1) is 7.93. The van der Waals surface area contributed by atoms with Crippen LogP contribution in [0.25, 0.3) is 0 Å². The number of carboxylic acid groups (broad SMARTS) is 1. The van der Waals surface area contributed by atoms with Crippen LogP contribution in [-0.4, -0.2) is 42.8 Å². The molecule has 0 aliphatic heterocycles. The molecule has 0 atom stereocenters. The number of aliphatic carboxylic acids is 1. The van der Waals surface area contributed by atoms with Gasteiger partial charge in [0.15, 0.2) is 0 Å². The van der Waals surface area contributed by atoms with E-state index in [1.54, 1.807) is 18.5 Å². The number of aryl methyl sites for hydroxylation is 1. The molecule has 0 amide bonds. The molecule has 1 aromatic rings. The van der Waals surface area contributed by atoms with Crippen LogP contribution in [0, 0.1) is 0 Å². The van der Waals surface area contributed by atoms with E-state index in [-0.39, 0.29) is 0 Å². The van der Waals surface area contributed by atoms with Crippen LogP contribution in [0.2, 0.25) is 0 Å². The Bertz CT molecular complexity index is 387. The molecule has 0 unspecified atom stereocenters. The smallest absolute Gasteiger partial charge is 0.323 e. The zero-order valence-electron chi connectivity index (χ0n) is 10.8. The molecule has 0 saturated carbocycles. The van der Waals surface area contributed by atoms with Gasteiger partial charge >= 0.3 is 5.97 Å². The third kappa shape index (κ3) is 2.82. The Labute approximate surface area is 101 Å². The first-order valence-corrected chi connectivity index (χ1v) is 5.78. The molecule has 1 rings (SSSR count). The van der Waals surface area contributed by atoms with Crippen LogP contribution in [0.15, 0.2) is 6.33 Å². The van der Waals surface area contributed by atoms with Gasteiger partial charge in [0, 0.05) is 6.54 Å². The number of nitrogens with zero attached hydrogens (tertiary/aromatic N) is 4. The minimum Gasteiger partial charge on any atom is -0.480 e. The maximum absolute atomic E-state index is 11.2. The van der Waals surface area contributed by atoms with Crippen molar-refractivity contribution >= 4 is 5.97 Å². The first kappa shape index (κ1) is 13.6. The molecule has 0 aliphatic rings. The standard InChI is InChI=1S/C11H20N4O2/c1-5-14(11(3,4)10(16)17)7-9-12-8-13-15(9)6-2/h8H,5-7H2,1-4H3,(H,16,17). The Hall–Kier alpha value is -1.43. The van der Waals surface area contributed by atoms with Gasteiger partial charge in [-0.3, -0.25) is 9.69 Å². The summed E-state index contributed by atoms with van der Waals surface area (Å²) in [6, 6.07) is 0. The topological polar surface area (TPSA) is 71.2 Å². The number of aromatic nitrogens is 3. The molecule has 1 aromatic heterocycles. The Morgan fingerprint density at radius 3 is 2.65 bits per heavy atom. The summed E-state index contributed by atoms with van der Waals surface area (Å²) in [5.74, 6) is -0.0365. The van der Waals surface area contributed by atoms with E-state index >= 15 is 0 Å². The maximum atomic E-state index is 11.2. The van der Waals surface area contributed by atoms with Gasteiger partial charge in [-0.2, -0.15) is 5.10 Å². The van der Waals surface area contributed by atoms with Gasteiger partial charge in [-0.15, -0.1) is 0 Å². The number of rotatable bonds is 6. The largest absolute Gasteiger partial charge is 0.480 e. The van der Waals surface area contributed by atoms with E-state index in [1.165, 1.54) is 6.33 Å². The molecule has 0 radical (unpaired) electrons.